The molecule has 0 spiro atoms. The highest BCUT2D eigenvalue weighted by atomic mass is 31.1. The van der Waals surface area contributed by atoms with Crippen molar-refractivity contribution in [2.75, 3.05) is 0 Å². The van der Waals surface area contributed by atoms with E-state index in [0.717, 1.165) is 22.6 Å². The van der Waals surface area contributed by atoms with Crippen LogP contribution in [0.25, 0.3) is 0 Å². The van der Waals surface area contributed by atoms with Crippen molar-refractivity contribution in [2.45, 2.75) is 89.4 Å². The Kier molecular flexibility index (Phi) is 6.29. The van der Waals surface area contributed by atoms with Gasteiger partial charge >= 0.3 is 0 Å². The number of furan rings is 2. The van der Waals surface area contributed by atoms with E-state index in [1.165, 1.54) is 19.3 Å². The Morgan fingerprint density at radius 1 is 0.889 bits per heavy atom. The first-order valence-electron chi connectivity index (χ1n) is 10.3. The number of hydrogen-bond donors (Lipinski definition) is 0. The molecule has 1 aliphatic carbocycles. The molecule has 0 aromatic carbocycles. The molecule has 2 nitrogen and oxygen atoms in total. The van der Waals surface area contributed by atoms with Crippen molar-refractivity contribution in [1.29, 1.82) is 0 Å². The first-order valence-corrected chi connectivity index (χ1v) is 13.1. The van der Waals surface area contributed by atoms with Crippen molar-refractivity contribution in [3.8, 4) is 0 Å². The molecule has 1 saturated carbocycles. The summed E-state index contributed by atoms with van der Waals surface area (Å²) in [5.74, 6) is 0.746. The molecule has 2 aromatic heterocycles. The predicted molar refractivity (Wildman–Crippen MR) is 121 cm³/mol. The standard InChI is InChI=1S/C23H36O2P2/c1-17(27(22(2,3)4)23(5,6)7)18-11-8-12-19(18)26(20-13-9-15-24-20)21-14-10-16-25-21/h9-10,13-19H,8,11-12H2,1-7H3/t17-,18?,19?/m0/s1. The maximum absolute atomic E-state index is 5.93. The zero-order valence-corrected chi connectivity index (χ0v) is 19.8. The zero-order valence-electron chi connectivity index (χ0n) is 18.0. The second kappa shape index (κ2) is 8.04. The highest BCUT2D eigenvalue weighted by Gasteiger charge is 2.47. The molecule has 0 N–H and O–H groups in total. The molecule has 2 unspecified atom stereocenters. The monoisotopic (exact) mass is 406 g/mol. The molecule has 3 atom stereocenters. The Bertz CT molecular complexity index is 644. The lowest BCUT2D eigenvalue weighted by molar-refractivity contribution is 0.522. The smallest absolute Gasteiger partial charge is 0.133 e. The van der Waals surface area contributed by atoms with Crippen molar-refractivity contribution >= 4 is 26.8 Å². The van der Waals surface area contributed by atoms with Gasteiger partial charge in [-0.3, -0.25) is 0 Å². The first kappa shape index (κ1) is 21.1. The molecule has 27 heavy (non-hydrogen) atoms. The highest BCUT2D eigenvalue weighted by Crippen LogP contribution is 2.67. The van der Waals surface area contributed by atoms with E-state index in [1.807, 2.05) is 24.7 Å². The van der Waals surface area contributed by atoms with E-state index < -0.39 is 7.92 Å². The molecule has 0 saturated heterocycles. The van der Waals surface area contributed by atoms with Gasteiger partial charge in [0, 0.05) is 7.92 Å². The van der Waals surface area contributed by atoms with Crippen molar-refractivity contribution in [2.24, 2.45) is 5.92 Å². The third-order valence-corrected chi connectivity index (χ3v) is 12.7. The van der Waals surface area contributed by atoms with Gasteiger partial charge in [0.1, 0.15) is 11.0 Å². The average Bonchev–Trinajstić information content (AvgIpc) is 3.28. The molecule has 150 valence electrons. The summed E-state index contributed by atoms with van der Waals surface area (Å²) in [5, 5.41) is 0.719. The largest absolute Gasteiger partial charge is 0.464 e. The van der Waals surface area contributed by atoms with Gasteiger partial charge in [-0.05, 0) is 64.7 Å². The maximum atomic E-state index is 5.93. The van der Waals surface area contributed by atoms with E-state index in [1.54, 1.807) is 0 Å². The summed E-state index contributed by atoms with van der Waals surface area (Å²) >= 11 is 0. The van der Waals surface area contributed by atoms with Gasteiger partial charge in [0.2, 0.25) is 0 Å². The average molecular weight is 406 g/mol. The van der Waals surface area contributed by atoms with Crippen molar-refractivity contribution in [3.05, 3.63) is 36.8 Å². The van der Waals surface area contributed by atoms with Crippen molar-refractivity contribution < 1.29 is 8.83 Å². The van der Waals surface area contributed by atoms with Crippen LogP contribution in [0.2, 0.25) is 0 Å². The van der Waals surface area contributed by atoms with Crippen LogP contribution in [0.15, 0.2) is 45.6 Å². The minimum Gasteiger partial charge on any atom is -0.464 e. The summed E-state index contributed by atoms with van der Waals surface area (Å²) in [5.41, 5.74) is 3.64. The van der Waals surface area contributed by atoms with Crippen LogP contribution in [0.1, 0.15) is 67.7 Å². The Balaban J connectivity index is 1.95. The number of rotatable bonds is 5. The molecule has 3 rings (SSSR count). The maximum Gasteiger partial charge on any atom is 0.133 e. The lowest BCUT2D eigenvalue weighted by atomic mass is 10.0. The third kappa shape index (κ3) is 4.54. The molecule has 0 bridgehead atoms. The van der Waals surface area contributed by atoms with Gasteiger partial charge < -0.3 is 8.83 Å². The lowest BCUT2D eigenvalue weighted by Gasteiger charge is -2.48. The summed E-state index contributed by atoms with van der Waals surface area (Å²) < 4.78 is 11.9. The summed E-state index contributed by atoms with van der Waals surface area (Å²) in [6, 6.07) is 8.37. The summed E-state index contributed by atoms with van der Waals surface area (Å²) in [4.78, 5) is 0. The van der Waals surface area contributed by atoms with Crippen LogP contribution in [0.3, 0.4) is 0 Å². The normalized spacial score (nSPS) is 22.7. The van der Waals surface area contributed by atoms with Crippen LogP contribution in [-0.4, -0.2) is 21.6 Å². The first-order chi connectivity index (χ1) is 12.6. The Labute approximate surface area is 168 Å². The summed E-state index contributed by atoms with van der Waals surface area (Å²) in [6.45, 7) is 17.2. The van der Waals surface area contributed by atoms with E-state index >= 15 is 0 Å². The Morgan fingerprint density at radius 2 is 1.41 bits per heavy atom. The molecule has 0 amide bonds. The molecule has 1 aliphatic rings. The topological polar surface area (TPSA) is 26.3 Å². The molecule has 1 fully saturated rings. The van der Waals surface area contributed by atoms with Gasteiger partial charge in [-0.2, -0.15) is 0 Å². The Morgan fingerprint density at radius 3 is 1.81 bits per heavy atom. The van der Waals surface area contributed by atoms with Crippen LogP contribution < -0.4 is 11.0 Å². The summed E-state index contributed by atoms with van der Waals surface area (Å²) in [7, 11) is -0.701. The van der Waals surface area contributed by atoms with Crippen LogP contribution in [-0.2, 0) is 0 Å². The van der Waals surface area contributed by atoms with E-state index in [0.29, 0.717) is 16.0 Å². The van der Waals surface area contributed by atoms with Crippen LogP contribution in [0, 0.1) is 5.92 Å². The van der Waals surface area contributed by atoms with Gasteiger partial charge in [-0.1, -0.05) is 62.8 Å². The van der Waals surface area contributed by atoms with Gasteiger partial charge in [0.05, 0.1) is 12.5 Å². The number of hydrogen-bond acceptors (Lipinski definition) is 2. The van der Waals surface area contributed by atoms with E-state index in [4.69, 9.17) is 8.83 Å². The van der Waals surface area contributed by atoms with Crippen LogP contribution in [0.4, 0.5) is 0 Å². The fourth-order valence-corrected chi connectivity index (χ4v) is 13.8. The fourth-order valence-electron chi connectivity index (χ4n) is 5.52. The third-order valence-electron chi connectivity index (χ3n) is 5.82. The predicted octanol–water partition coefficient (Wildman–Crippen LogP) is 6.94. The Hall–Kier alpha value is -0.580. The van der Waals surface area contributed by atoms with Crippen LogP contribution in [0.5, 0.6) is 0 Å². The minimum absolute atomic E-state index is 0.132. The van der Waals surface area contributed by atoms with Gasteiger partial charge in [-0.15, -0.1) is 0 Å². The van der Waals surface area contributed by atoms with E-state index in [9.17, 15) is 0 Å². The molecule has 4 heteroatoms. The quantitative estimate of drug-likeness (QED) is 0.503. The molecular weight excluding hydrogens is 370 g/mol. The zero-order chi connectivity index (χ0) is 19.8. The molecule has 0 aliphatic heterocycles. The van der Waals surface area contributed by atoms with Crippen LogP contribution >= 0.6 is 15.8 Å². The summed E-state index contributed by atoms with van der Waals surface area (Å²) in [6.07, 6.45) is 7.60. The van der Waals surface area contributed by atoms with E-state index in [2.05, 4.69) is 60.6 Å². The molecular formula is C23H36O2P2. The SMILES string of the molecule is C[C@@H](C1CCCC1P(c1ccco1)c1ccco1)P(C(C)(C)C)C(C)(C)C. The van der Waals surface area contributed by atoms with Gasteiger partial charge in [-0.25, -0.2) is 0 Å². The molecule has 0 radical (unpaired) electrons. The van der Waals surface area contributed by atoms with Crippen molar-refractivity contribution in [1.82, 2.24) is 0 Å². The lowest BCUT2D eigenvalue weighted by Crippen LogP contribution is -2.37. The molecule has 2 aromatic rings. The van der Waals surface area contributed by atoms with Gasteiger partial charge in [0.15, 0.2) is 0 Å². The highest BCUT2D eigenvalue weighted by molar-refractivity contribution is 7.73. The van der Waals surface area contributed by atoms with E-state index in [-0.39, 0.29) is 7.92 Å². The fraction of sp³-hybridized carbons (Fsp3) is 0.652. The minimum atomic E-state index is -0.569. The molecule has 2 heterocycles. The van der Waals surface area contributed by atoms with Crippen molar-refractivity contribution in [3.63, 3.8) is 0 Å². The second-order valence-corrected chi connectivity index (χ2v) is 16.4. The van der Waals surface area contributed by atoms with Gasteiger partial charge in [0.25, 0.3) is 0 Å². The second-order valence-electron chi connectivity index (χ2n) is 9.89.